The van der Waals surface area contributed by atoms with Crippen LogP contribution in [0.15, 0.2) is 0 Å². The molecule has 0 aromatic rings. The normalized spacial score (nSPS) is 33.2. The number of unbranched alkanes of at least 4 members (excludes halogenated alkanes) is 1. The molecule has 0 aromatic carbocycles. The molecule has 111 valence electrons. The van der Waals surface area contributed by atoms with Crippen LogP contribution in [0.1, 0.15) is 46.0 Å². The molecule has 0 aromatic heterocycles. The van der Waals surface area contributed by atoms with E-state index in [1.165, 1.54) is 32.2 Å². The van der Waals surface area contributed by atoms with Gasteiger partial charge in [-0.15, -0.1) is 0 Å². The summed E-state index contributed by atoms with van der Waals surface area (Å²) in [5, 5.41) is 0. The van der Waals surface area contributed by atoms with E-state index in [-0.39, 0.29) is 44.2 Å². The zero-order valence-corrected chi connectivity index (χ0v) is 14.6. The Kier molecular flexibility index (Phi) is 9.81. The van der Waals surface area contributed by atoms with E-state index in [9.17, 15) is 0 Å². The Bertz CT molecular complexity index is 223. The third-order valence-electron chi connectivity index (χ3n) is 4.75. The van der Waals surface area contributed by atoms with Crippen LogP contribution in [0.5, 0.6) is 0 Å². The molecule has 0 bridgehead atoms. The summed E-state index contributed by atoms with van der Waals surface area (Å²) in [6, 6.07) is 0. The molecular formula is C15H30NOTb-. The number of rotatable bonds is 6. The number of hydrogen-bond acceptors (Lipinski definition) is 2. The van der Waals surface area contributed by atoms with E-state index in [4.69, 9.17) is 4.74 Å². The molecule has 1 aliphatic heterocycles. The second-order valence-corrected chi connectivity index (χ2v) is 5.80. The van der Waals surface area contributed by atoms with Crippen molar-refractivity contribution in [2.75, 3.05) is 27.3 Å². The van der Waals surface area contributed by atoms with Crippen LogP contribution in [-0.4, -0.2) is 37.7 Å². The summed E-state index contributed by atoms with van der Waals surface area (Å²) in [6.07, 6.45) is 6.38. The molecule has 3 atom stereocenters. The van der Waals surface area contributed by atoms with Gasteiger partial charge in [0.15, 0.2) is 0 Å². The fourth-order valence-electron chi connectivity index (χ4n) is 3.47. The Balaban J connectivity index is 0.00000289. The van der Waals surface area contributed by atoms with Gasteiger partial charge in [0.05, 0.1) is 6.61 Å². The summed E-state index contributed by atoms with van der Waals surface area (Å²) in [7, 11) is 4.05. The second kappa shape index (κ2) is 9.20. The van der Waals surface area contributed by atoms with Crippen LogP contribution in [0, 0.1) is 57.4 Å². The van der Waals surface area contributed by atoms with E-state index in [0.29, 0.717) is 5.92 Å². The molecule has 0 saturated carbocycles. The number of nitrogens with zero attached hydrogens (tertiary/aromatic N) is 1. The SMILES string of the molecule is [CH2-]CC1C(CCCC)CCN(C)C1(C)COC.[Tb]. The minimum Gasteiger partial charge on any atom is -0.383 e. The first kappa shape index (κ1) is 19.2. The van der Waals surface area contributed by atoms with Crippen molar-refractivity contribution >= 4 is 0 Å². The Labute approximate surface area is 145 Å². The molecule has 1 rings (SSSR count). The van der Waals surface area contributed by atoms with Gasteiger partial charge in [0, 0.05) is 51.3 Å². The zero-order valence-electron chi connectivity index (χ0n) is 12.5. The number of likely N-dealkylation sites (tertiary alicyclic amines) is 1. The summed E-state index contributed by atoms with van der Waals surface area (Å²) in [5.74, 6) is 1.51. The van der Waals surface area contributed by atoms with Gasteiger partial charge < -0.3 is 11.7 Å². The first-order valence-electron chi connectivity index (χ1n) is 7.09. The quantitative estimate of drug-likeness (QED) is 0.635. The van der Waals surface area contributed by atoms with Crippen LogP contribution in [0.4, 0.5) is 0 Å². The fourth-order valence-corrected chi connectivity index (χ4v) is 3.47. The predicted octanol–water partition coefficient (Wildman–Crippen LogP) is 3.37. The molecule has 1 radical (unpaired) electrons. The van der Waals surface area contributed by atoms with Gasteiger partial charge in [-0.3, -0.25) is 4.90 Å². The van der Waals surface area contributed by atoms with Gasteiger partial charge in [0.2, 0.25) is 0 Å². The van der Waals surface area contributed by atoms with Crippen molar-refractivity contribution in [1.82, 2.24) is 4.90 Å². The zero-order chi connectivity index (χ0) is 12.9. The Morgan fingerprint density at radius 2 is 2.11 bits per heavy atom. The Morgan fingerprint density at radius 1 is 1.44 bits per heavy atom. The second-order valence-electron chi connectivity index (χ2n) is 5.80. The number of hydrogen-bond donors (Lipinski definition) is 0. The van der Waals surface area contributed by atoms with E-state index in [1.54, 1.807) is 0 Å². The monoisotopic (exact) mass is 399 g/mol. The minimum absolute atomic E-state index is 0. The molecule has 3 unspecified atom stereocenters. The van der Waals surface area contributed by atoms with Crippen LogP contribution in [0.2, 0.25) is 0 Å². The van der Waals surface area contributed by atoms with Crippen molar-refractivity contribution in [2.45, 2.75) is 51.5 Å². The van der Waals surface area contributed by atoms with Gasteiger partial charge in [0.25, 0.3) is 0 Å². The predicted molar refractivity (Wildman–Crippen MR) is 74.0 cm³/mol. The topological polar surface area (TPSA) is 12.5 Å². The summed E-state index contributed by atoms with van der Waals surface area (Å²) in [5.41, 5.74) is 0.174. The molecule has 18 heavy (non-hydrogen) atoms. The van der Waals surface area contributed by atoms with Crippen molar-refractivity contribution < 1.29 is 43.3 Å². The molecule has 0 aliphatic carbocycles. The molecule has 1 heterocycles. The van der Waals surface area contributed by atoms with E-state index in [2.05, 4.69) is 32.7 Å². The molecule has 0 N–H and O–H groups in total. The molecule has 0 amide bonds. The van der Waals surface area contributed by atoms with Gasteiger partial charge >= 0.3 is 0 Å². The maximum atomic E-state index is 5.47. The number of methoxy groups -OCH3 is 1. The maximum absolute atomic E-state index is 5.47. The van der Waals surface area contributed by atoms with Crippen LogP contribution in [0.25, 0.3) is 0 Å². The minimum atomic E-state index is 0. The molecule has 1 fully saturated rings. The summed E-state index contributed by atoms with van der Waals surface area (Å²) < 4.78 is 5.47. The van der Waals surface area contributed by atoms with Crippen molar-refractivity contribution in [3.05, 3.63) is 6.92 Å². The molecule has 2 nitrogen and oxygen atoms in total. The Morgan fingerprint density at radius 3 is 2.61 bits per heavy atom. The largest absolute Gasteiger partial charge is 0.383 e. The Hall–Kier alpha value is 1.21. The van der Waals surface area contributed by atoms with Gasteiger partial charge in [-0.25, -0.2) is 0 Å². The van der Waals surface area contributed by atoms with Gasteiger partial charge in [-0.1, -0.05) is 26.2 Å². The van der Waals surface area contributed by atoms with Crippen LogP contribution < -0.4 is 0 Å². The van der Waals surface area contributed by atoms with E-state index in [1.807, 2.05) is 7.11 Å². The van der Waals surface area contributed by atoms with Crippen molar-refractivity contribution in [3.8, 4) is 0 Å². The van der Waals surface area contributed by atoms with Gasteiger partial charge in [0.1, 0.15) is 0 Å². The van der Waals surface area contributed by atoms with E-state index < -0.39 is 0 Å². The first-order chi connectivity index (χ1) is 8.10. The average molecular weight is 399 g/mol. The van der Waals surface area contributed by atoms with Crippen LogP contribution in [0.3, 0.4) is 0 Å². The molecule has 3 heteroatoms. The van der Waals surface area contributed by atoms with Crippen molar-refractivity contribution in [3.63, 3.8) is 0 Å². The number of likely N-dealkylation sites (N-methyl/N-ethyl adjacent to an activating group) is 1. The number of piperidine rings is 1. The summed E-state index contributed by atoms with van der Waals surface area (Å²) in [4.78, 5) is 2.48. The van der Waals surface area contributed by atoms with Gasteiger partial charge in [-0.2, -0.15) is 6.42 Å². The molecular weight excluding hydrogens is 369 g/mol. The van der Waals surface area contributed by atoms with E-state index in [0.717, 1.165) is 18.9 Å². The molecule has 1 saturated heterocycles. The molecule has 1 aliphatic rings. The standard InChI is InChI=1S/C15H30NO.Tb/c1-6-8-9-13-10-11-16(4)15(3,12-17-5)14(13)7-2;/h13-14H,2,6-12H2,1,3-5H3;/q-1;. The van der Waals surface area contributed by atoms with Crippen LogP contribution >= 0.6 is 0 Å². The van der Waals surface area contributed by atoms with E-state index >= 15 is 0 Å². The fraction of sp³-hybridized carbons (Fsp3) is 0.933. The van der Waals surface area contributed by atoms with Crippen molar-refractivity contribution in [1.29, 1.82) is 0 Å². The summed E-state index contributed by atoms with van der Waals surface area (Å²) in [6.45, 7) is 10.9. The number of ether oxygens (including phenoxy) is 1. The van der Waals surface area contributed by atoms with Gasteiger partial charge in [-0.05, 0) is 38.8 Å². The third kappa shape index (κ3) is 4.36. The first-order valence-corrected chi connectivity index (χ1v) is 7.09. The smallest absolute Gasteiger partial charge is 0.0645 e. The summed E-state index contributed by atoms with van der Waals surface area (Å²) >= 11 is 0. The molecule has 0 spiro atoms. The maximum Gasteiger partial charge on any atom is 0.0645 e. The average Bonchev–Trinajstić information content (AvgIpc) is 2.31. The van der Waals surface area contributed by atoms with Crippen molar-refractivity contribution in [2.24, 2.45) is 11.8 Å². The van der Waals surface area contributed by atoms with Crippen LogP contribution in [-0.2, 0) is 4.74 Å². The third-order valence-corrected chi connectivity index (χ3v) is 4.75.